The molecule has 0 N–H and O–H groups in total. The summed E-state index contributed by atoms with van der Waals surface area (Å²) in [6.45, 7) is 5.62. The first-order valence-corrected chi connectivity index (χ1v) is 9.23. The zero-order valence-electron chi connectivity index (χ0n) is 13.5. The van der Waals surface area contributed by atoms with E-state index in [1.807, 2.05) is 37.3 Å². The maximum Gasteiger partial charge on any atom is 0.324 e. The summed E-state index contributed by atoms with van der Waals surface area (Å²) in [4.78, 5) is 12.0. The number of hydrogen-bond acceptors (Lipinski definition) is 4. The van der Waals surface area contributed by atoms with Gasteiger partial charge in [0.25, 0.3) is 0 Å². The summed E-state index contributed by atoms with van der Waals surface area (Å²) in [5.74, 6) is -0.474. The maximum absolute atomic E-state index is 12.6. The second-order valence-electron chi connectivity index (χ2n) is 5.13. The largest absolute Gasteiger partial charge is 0.465 e. The van der Waals surface area contributed by atoms with Crippen molar-refractivity contribution in [2.45, 2.75) is 46.2 Å². The van der Waals surface area contributed by atoms with Crippen LogP contribution in [0.1, 0.15) is 39.2 Å². The quantitative estimate of drug-likeness (QED) is 0.654. The van der Waals surface area contributed by atoms with Crippen molar-refractivity contribution in [3.63, 3.8) is 0 Å². The lowest BCUT2D eigenvalue weighted by atomic mass is 10.2. The molecule has 0 bridgehead atoms. The molecule has 1 aromatic carbocycles. The number of carbonyl (C=O) groups is 1. The van der Waals surface area contributed by atoms with Crippen molar-refractivity contribution in [2.75, 3.05) is 12.4 Å². The van der Waals surface area contributed by atoms with Gasteiger partial charge in [-0.15, -0.1) is 0 Å². The summed E-state index contributed by atoms with van der Waals surface area (Å²) < 4.78 is 31.3. The highest BCUT2D eigenvalue weighted by Crippen LogP contribution is 2.16. The molecule has 0 aliphatic rings. The molecule has 0 spiro atoms. The Morgan fingerprint density at radius 3 is 2.41 bits per heavy atom. The molecule has 0 aliphatic heterocycles. The summed E-state index contributed by atoms with van der Waals surface area (Å²) >= 11 is 0. The van der Waals surface area contributed by atoms with E-state index in [1.165, 1.54) is 4.31 Å². The van der Waals surface area contributed by atoms with Crippen LogP contribution in [-0.2, 0) is 26.1 Å². The van der Waals surface area contributed by atoms with Crippen LogP contribution < -0.4 is 0 Å². The number of unbranched alkanes of at least 4 members (excludes halogenated alkanes) is 1. The van der Waals surface area contributed by atoms with Gasteiger partial charge in [0.15, 0.2) is 0 Å². The van der Waals surface area contributed by atoms with Crippen LogP contribution in [0.5, 0.6) is 0 Å². The Kier molecular flexibility index (Phi) is 7.55. The number of carbonyl (C=O) groups excluding carboxylic acids is 1. The van der Waals surface area contributed by atoms with Crippen LogP contribution >= 0.6 is 0 Å². The Balaban J connectivity index is 3.01. The fourth-order valence-corrected chi connectivity index (χ4v) is 3.87. The minimum atomic E-state index is -3.51. The van der Waals surface area contributed by atoms with E-state index in [9.17, 15) is 13.2 Å². The molecule has 0 saturated carbocycles. The molecule has 0 saturated heterocycles. The molecule has 124 valence electrons. The van der Waals surface area contributed by atoms with Gasteiger partial charge >= 0.3 is 5.97 Å². The zero-order chi connectivity index (χ0) is 16.6. The van der Waals surface area contributed by atoms with E-state index in [0.717, 1.165) is 12.0 Å². The van der Waals surface area contributed by atoms with E-state index in [4.69, 9.17) is 4.74 Å². The third-order valence-electron chi connectivity index (χ3n) is 3.35. The van der Waals surface area contributed by atoms with Crippen LogP contribution in [0.3, 0.4) is 0 Å². The number of rotatable bonds is 9. The third kappa shape index (κ3) is 5.42. The van der Waals surface area contributed by atoms with E-state index in [0.29, 0.717) is 6.42 Å². The zero-order valence-corrected chi connectivity index (χ0v) is 14.3. The lowest BCUT2D eigenvalue weighted by Gasteiger charge is -2.27. The molecule has 0 aromatic heterocycles. The summed E-state index contributed by atoms with van der Waals surface area (Å²) in [7, 11) is -3.51. The minimum absolute atomic E-state index is 0.0417. The number of benzene rings is 1. The molecule has 22 heavy (non-hydrogen) atoms. The van der Waals surface area contributed by atoms with E-state index in [1.54, 1.807) is 13.8 Å². The first-order chi connectivity index (χ1) is 10.4. The summed E-state index contributed by atoms with van der Waals surface area (Å²) in [6, 6.07) is 8.43. The van der Waals surface area contributed by atoms with Crippen LogP contribution in [-0.4, -0.2) is 37.1 Å². The predicted molar refractivity (Wildman–Crippen MR) is 86.8 cm³/mol. The SMILES string of the molecule is CCCCS(=O)(=O)N(Cc1ccccc1)C(C)C(=O)OCC. The van der Waals surface area contributed by atoms with Crippen LogP contribution in [0.25, 0.3) is 0 Å². The van der Waals surface area contributed by atoms with Gasteiger partial charge in [-0.05, 0) is 25.8 Å². The standard InChI is InChI=1S/C16H25NO4S/c1-4-6-12-22(19,20)17(14(3)16(18)21-5-2)13-15-10-8-7-9-11-15/h7-11,14H,4-6,12-13H2,1-3H3. The van der Waals surface area contributed by atoms with Gasteiger partial charge < -0.3 is 4.74 Å². The molecular formula is C16H25NO4S. The number of ether oxygens (including phenoxy) is 1. The molecule has 0 fully saturated rings. The summed E-state index contributed by atoms with van der Waals surface area (Å²) in [5.41, 5.74) is 0.846. The molecule has 1 aromatic rings. The van der Waals surface area contributed by atoms with E-state index in [2.05, 4.69) is 0 Å². The Morgan fingerprint density at radius 2 is 1.86 bits per heavy atom. The average molecular weight is 327 g/mol. The highest BCUT2D eigenvalue weighted by atomic mass is 32.2. The van der Waals surface area contributed by atoms with Gasteiger partial charge in [0.05, 0.1) is 12.4 Å². The smallest absolute Gasteiger partial charge is 0.324 e. The summed E-state index contributed by atoms with van der Waals surface area (Å²) in [5, 5.41) is 0. The van der Waals surface area contributed by atoms with Crippen LogP contribution in [0.2, 0.25) is 0 Å². The number of nitrogens with zero attached hydrogens (tertiary/aromatic N) is 1. The van der Waals surface area contributed by atoms with Gasteiger partial charge in [-0.2, -0.15) is 4.31 Å². The maximum atomic E-state index is 12.6. The molecule has 1 unspecified atom stereocenters. The fraction of sp³-hybridized carbons (Fsp3) is 0.562. The molecule has 0 heterocycles. The molecule has 1 rings (SSSR count). The normalized spacial score (nSPS) is 13.1. The lowest BCUT2D eigenvalue weighted by Crippen LogP contribution is -2.44. The van der Waals surface area contributed by atoms with Crippen LogP contribution in [0.15, 0.2) is 30.3 Å². The molecule has 6 heteroatoms. The van der Waals surface area contributed by atoms with Crippen LogP contribution in [0, 0.1) is 0 Å². The van der Waals surface area contributed by atoms with Gasteiger partial charge in [0.2, 0.25) is 10.0 Å². The van der Waals surface area contributed by atoms with Crippen LogP contribution in [0.4, 0.5) is 0 Å². The molecule has 0 aliphatic carbocycles. The summed E-state index contributed by atoms with van der Waals surface area (Å²) in [6.07, 6.45) is 1.36. The fourth-order valence-electron chi connectivity index (χ4n) is 2.06. The number of esters is 1. The van der Waals surface area contributed by atoms with Crippen molar-refractivity contribution in [2.24, 2.45) is 0 Å². The van der Waals surface area contributed by atoms with E-state index in [-0.39, 0.29) is 18.9 Å². The van der Waals surface area contributed by atoms with Crippen molar-refractivity contribution < 1.29 is 17.9 Å². The topological polar surface area (TPSA) is 63.7 Å². The Labute approximate surface area is 133 Å². The lowest BCUT2D eigenvalue weighted by molar-refractivity contribution is -0.147. The van der Waals surface area contributed by atoms with Crippen molar-refractivity contribution in [3.8, 4) is 0 Å². The second kappa shape index (κ2) is 8.90. The minimum Gasteiger partial charge on any atom is -0.465 e. The van der Waals surface area contributed by atoms with Gasteiger partial charge in [0.1, 0.15) is 6.04 Å². The number of hydrogen-bond donors (Lipinski definition) is 0. The monoisotopic (exact) mass is 327 g/mol. The highest BCUT2D eigenvalue weighted by molar-refractivity contribution is 7.89. The first kappa shape index (κ1) is 18.6. The third-order valence-corrected chi connectivity index (χ3v) is 5.32. The molecular weight excluding hydrogens is 302 g/mol. The number of sulfonamides is 1. The first-order valence-electron chi connectivity index (χ1n) is 7.62. The van der Waals surface area contributed by atoms with Crippen molar-refractivity contribution in [1.29, 1.82) is 0 Å². The Bertz CT molecular complexity index is 557. The van der Waals surface area contributed by atoms with Gasteiger partial charge in [-0.25, -0.2) is 8.42 Å². The second-order valence-corrected chi connectivity index (χ2v) is 7.17. The van der Waals surface area contributed by atoms with Gasteiger partial charge in [-0.1, -0.05) is 43.7 Å². The molecule has 5 nitrogen and oxygen atoms in total. The highest BCUT2D eigenvalue weighted by Gasteiger charge is 2.32. The van der Waals surface area contributed by atoms with Crippen molar-refractivity contribution >= 4 is 16.0 Å². The van der Waals surface area contributed by atoms with E-state index < -0.39 is 22.0 Å². The van der Waals surface area contributed by atoms with E-state index >= 15 is 0 Å². The Hall–Kier alpha value is -1.40. The Morgan fingerprint density at radius 1 is 1.23 bits per heavy atom. The van der Waals surface area contributed by atoms with Crippen molar-refractivity contribution in [1.82, 2.24) is 4.31 Å². The molecule has 0 amide bonds. The van der Waals surface area contributed by atoms with Gasteiger partial charge in [0, 0.05) is 6.54 Å². The predicted octanol–water partition coefficient (Wildman–Crippen LogP) is 2.57. The average Bonchev–Trinajstić information content (AvgIpc) is 2.51. The molecule has 0 radical (unpaired) electrons. The van der Waals surface area contributed by atoms with Crippen molar-refractivity contribution in [3.05, 3.63) is 35.9 Å². The van der Waals surface area contributed by atoms with Gasteiger partial charge in [-0.3, -0.25) is 4.79 Å². The molecule has 1 atom stereocenters.